The Morgan fingerprint density at radius 2 is 0.444 bits per heavy atom. The van der Waals surface area contributed by atoms with E-state index in [1.54, 1.807) is 0 Å². The summed E-state index contributed by atoms with van der Waals surface area (Å²) in [4.78, 5) is 0. The molecule has 0 aliphatic heterocycles. The van der Waals surface area contributed by atoms with Gasteiger partial charge in [0, 0.05) is 151 Å². The van der Waals surface area contributed by atoms with Crippen LogP contribution in [0.15, 0.2) is 0 Å². The minimum absolute atomic E-state index is 0. The van der Waals surface area contributed by atoms with Crippen LogP contribution in [-0.4, -0.2) is 0 Å². The van der Waals surface area contributed by atoms with Gasteiger partial charge >= 0.3 is 0 Å². The first-order valence-electron chi connectivity index (χ1n) is 0. The summed E-state index contributed by atoms with van der Waals surface area (Å²) in [7, 11) is 0. The molecule has 3 radical (unpaired) electrons. The van der Waals surface area contributed by atoms with E-state index in [2.05, 4.69) is 0 Å². The molecule has 0 saturated carbocycles. The summed E-state index contributed by atoms with van der Waals surface area (Å²) in [5.41, 5.74) is 0. The minimum atomic E-state index is 0. The zero-order chi connectivity index (χ0) is 0. The molecule has 0 aromatic rings. The SMILES string of the molecule is [Co].[Co].[Fe].[Fe].[Fe].[Mn].[Ni].[Ni].[Ni]. The summed E-state index contributed by atoms with van der Waals surface area (Å²) in [6, 6.07) is 0. The van der Waals surface area contributed by atoms with E-state index in [0.717, 1.165) is 0 Å². The zero-order valence-corrected chi connectivity index (χ0v) is 12.6. The fourth-order valence-electron chi connectivity index (χ4n) is 0. The molecular formula is Co2Fe3MnNi3. The van der Waals surface area contributed by atoms with Crippen molar-refractivity contribution in [1.29, 1.82) is 0 Å². The average Bonchev–Trinajstić information content (AvgIpc) is 0. The molecule has 0 amide bonds. The van der Waals surface area contributed by atoms with Gasteiger partial charge in [-0.25, -0.2) is 0 Å². The standard InChI is InChI=1S/2Co.3Fe.Mn.3Ni. The molecule has 0 nitrogen and oxygen atoms in total. The summed E-state index contributed by atoms with van der Waals surface area (Å²) in [5, 5.41) is 0. The van der Waals surface area contributed by atoms with Crippen LogP contribution in [0, 0.1) is 0 Å². The third kappa shape index (κ3) is 67.2. The molecule has 0 saturated heterocycles. The summed E-state index contributed by atoms with van der Waals surface area (Å²) in [5.74, 6) is 0. The van der Waals surface area contributed by atoms with Crippen molar-refractivity contribution in [3.63, 3.8) is 0 Å². The summed E-state index contributed by atoms with van der Waals surface area (Å²) in [6.07, 6.45) is 0. The van der Waals surface area contributed by atoms with Crippen LogP contribution in [0.3, 0.4) is 0 Å². The van der Waals surface area contributed by atoms with Crippen molar-refractivity contribution in [3.05, 3.63) is 0 Å². The zero-order valence-electron chi connectivity index (χ0n) is 3.05. The van der Waals surface area contributed by atoms with Gasteiger partial charge in [-0.2, -0.15) is 0 Å². The van der Waals surface area contributed by atoms with E-state index in [4.69, 9.17) is 0 Å². The molecular weight excluding hydrogens is 516 g/mol. The summed E-state index contributed by atoms with van der Waals surface area (Å²) in [6.45, 7) is 0. The molecule has 0 bridgehead atoms. The molecule has 0 unspecified atom stereocenters. The molecule has 0 aromatic carbocycles. The van der Waals surface area contributed by atoms with E-state index in [1.807, 2.05) is 0 Å². The maximum atomic E-state index is 0. The molecule has 0 aromatic heterocycles. The predicted octanol–water partition coefficient (Wildman–Crippen LogP) is -0.0225. The van der Waals surface area contributed by atoms with Crippen LogP contribution in [0.25, 0.3) is 0 Å². The van der Waals surface area contributed by atoms with Gasteiger partial charge in [0.2, 0.25) is 0 Å². The first-order chi connectivity index (χ1) is 0. The van der Waals surface area contributed by atoms with Crippen molar-refractivity contribution in [2.45, 2.75) is 0 Å². The summed E-state index contributed by atoms with van der Waals surface area (Å²) >= 11 is 0. The Labute approximate surface area is 149 Å². The Bertz CT molecular complexity index is 17.0. The largest absolute Gasteiger partial charge is 0 e. The minimum Gasteiger partial charge on any atom is 0 e. The van der Waals surface area contributed by atoms with Crippen molar-refractivity contribution >= 4 is 0 Å². The van der Waals surface area contributed by atoms with Crippen molar-refractivity contribution in [3.8, 4) is 0 Å². The summed E-state index contributed by atoms with van der Waals surface area (Å²) < 4.78 is 0. The third-order valence-corrected chi connectivity index (χ3v) is 0. The van der Waals surface area contributed by atoms with Crippen LogP contribution in [0.2, 0.25) is 0 Å². The van der Waals surface area contributed by atoms with Crippen LogP contribution in [0.1, 0.15) is 0 Å². The van der Waals surface area contributed by atoms with E-state index in [0.29, 0.717) is 0 Å². The molecule has 9 heteroatoms. The van der Waals surface area contributed by atoms with Crippen molar-refractivity contribution in [2.75, 3.05) is 0 Å². The second-order valence-corrected chi connectivity index (χ2v) is 0. The molecule has 79 valence electrons. The van der Waals surface area contributed by atoms with Gasteiger partial charge < -0.3 is 0 Å². The third-order valence-electron chi connectivity index (χ3n) is 0. The van der Waals surface area contributed by atoms with Crippen molar-refractivity contribution < 1.29 is 151 Å². The smallest absolute Gasteiger partial charge is 0 e. The van der Waals surface area contributed by atoms with Gasteiger partial charge in [0.1, 0.15) is 0 Å². The van der Waals surface area contributed by atoms with E-state index in [-0.39, 0.29) is 151 Å². The van der Waals surface area contributed by atoms with Crippen LogP contribution in [0.5, 0.6) is 0 Å². The monoisotopic (exact) mass is 514 g/mol. The Hall–Kier alpha value is 4.57. The maximum absolute atomic E-state index is 0. The fourth-order valence-corrected chi connectivity index (χ4v) is 0. The second kappa shape index (κ2) is 80.5. The normalized spacial score (nSPS) is 0. The molecule has 0 spiro atoms. The Kier molecular flexibility index (Phi) is 919. The average molecular weight is 516 g/mol. The fraction of sp³-hybridized carbons (Fsp3) is 0. The van der Waals surface area contributed by atoms with Gasteiger partial charge in [-0.15, -0.1) is 0 Å². The molecule has 0 N–H and O–H groups in total. The van der Waals surface area contributed by atoms with E-state index in [1.165, 1.54) is 0 Å². The predicted molar refractivity (Wildman–Crippen MR) is 0 cm³/mol. The van der Waals surface area contributed by atoms with Gasteiger partial charge in [0.05, 0.1) is 0 Å². The van der Waals surface area contributed by atoms with Gasteiger partial charge in [-0.1, -0.05) is 0 Å². The molecule has 0 heterocycles. The quantitative estimate of drug-likeness (QED) is 0.398. The van der Waals surface area contributed by atoms with E-state index < -0.39 is 0 Å². The Morgan fingerprint density at radius 3 is 0.444 bits per heavy atom. The van der Waals surface area contributed by atoms with Gasteiger partial charge in [0.25, 0.3) is 0 Å². The number of rotatable bonds is 0. The van der Waals surface area contributed by atoms with Crippen LogP contribution in [0.4, 0.5) is 0 Å². The van der Waals surface area contributed by atoms with Crippen LogP contribution in [-0.2, 0) is 151 Å². The van der Waals surface area contributed by atoms with Crippen LogP contribution >= 0.6 is 0 Å². The Morgan fingerprint density at radius 1 is 0.444 bits per heavy atom. The maximum Gasteiger partial charge on any atom is 0 e. The first kappa shape index (κ1) is 103. The Balaban J connectivity index is 0. The van der Waals surface area contributed by atoms with Gasteiger partial charge in [0.15, 0.2) is 0 Å². The van der Waals surface area contributed by atoms with Crippen molar-refractivity contribution in [1.82, 2.24) is 0 Å². The second-order valence-electron chi connectivity index (χ2n) is 0. The molecule has 0 aliphatic carbocycles. The number of hydrogen-bond donors (Lipinski definition) is 0. The van der Waals surface area contributed by atoms with Crippen LogP contribution < -0.4 is 0 Å². The van der Waals surface area contributed by atoms with Gasteiger partial charge in [-0.3, -0.25) is 0 Å². The number of hydrogen-bond acceptors (Lipinski definition) is 0. The first-order valence-corrected chi connectivity index (χ1v) is 0. The topological polar surface area (TPSA) is 0 Å². The molecule has 0 atom stereocenters. The molecule has 0 rings (SSSR count). The van der Waals surface area contributed by atoms with E-state index in [9.17, 15) is 0 Å². The molecule has 0 fully saturated rings. The molecule has 0 aliphatic rings. The van der Waals surface area contributed by atoms with Gasteiger partial charge in [-0.05, 0) is 0 Å². The van der Waals surface area contributed by atoms with Crippen molar-refractivity contribution in [2.24, 2.45) is 0 Å². The van der Waals surface area contributed by atoms with E-state index >= 15 is 0 Å². The molecule has 9 heavy (non-hydrogen) atoms.